The van der Waals surface area contributed by atoms with Crippen molar-refractivity contribution < 1.29 is 14.3 Å². The summed E-state index contributed by atoms with van der Waals surface area (Å²) in [5, 5.41) is 10.1. The minimum atomic E-state index is -0.0886. The van der Waals surface area contributed by atoms with Gasteiger partial charge < -0.3 is 14.4 Å². The fraction of sp³-hybridized carbons (Fsp3) is 0.273. The Morgan fingerprint density at radius 2 is 1.85 bits per heavy atom. The molecule has 0 spiro atoms. The number of aliphatic hydroxyl groups is 1. The number of carbonyl (C=O) groups is 1. The Labute approximate surface area is 156 Å². The number of benzene rings is 2. The van der Waals surface area contributed by atoms with Crippen molar-refractivity contribution in [1.82, 2.24) is 4.90 Å². The van der Waals surface area contributed by atoms with E-state index in [2.05, 4.69) is 0 Å². The molecule has 1 amide bonds. The van der Waals surface area contributed by atoms with Crippen LogP contribution in [0.3, 0.4) is 0 Å². The lowest BCUT2D eigenvalue weighted by Crippen LogP contribution is -2.45. The number of carbonyl (C=O) groups excluding carboxylic acids is 1. The summed E-state index contributed by atoms with van der Waals surface area (Å²) in [6, 6.07) is 14.2. The van der Waals surface area contributed by atoms with Gasteiger partial charge in [-0.1, -0.05) is 18.2 Å². The van der Waals surface area contributed by atoms with Gasteiger partial charge in [-0.2, -0.15) is 0 Å². The molecule has 4 rings (SSSR count). The quantitative estimate of drug-likeness (QED) is 0.774. The third kappa shape index (κ3) is 3.38. The molecule has 0 radical (unpaired) electrons. The van der Waals surface area contributed by atoms with Gasteiger partial charge in [0.25, 0.3) is 5.91 Å². The summed E-state index contributed by atoms with van der Waals surface area (Å²) < 4.78 is 5.44. The highest BCUT2D eigenvalue weighted by atomic mass is 16.3. The predicted molar refractivity (Wildman–Crippen MR) is 104 cm³/mol. The molecule has 1 atom stereocenters. The number of fused-ring (bicyclic) bond motifs is 1. The van der Waals surface area contributed by atoms with Crippen molar-refractivity contribution in [1.29, 1.82) is 0 Å². The molecular formula is C22H21NO4. The van der Waals surface area contributed by atoms with Crippen LogP contribution in [-0.4, -0.2) is 35.1 Å². The van der Waals surface area contributed by atoms with Crippen molar-refractivity contribution in [3.8, 4) is 11.1 Å². The molecule has 27 heavy (non-hydrogen) atoms. The van der Waals surface area contributed by atoms with Crippen LogP contribution in [0.4, 0.5) is 0 Å². The highest BCUT2D eigenvalue weighted by molar-refractivity contribution is 5.95. The molecule has 2 aromatic carbocycles. The maximum Gasteiger partial charge on any atom is 0.254 e. The number of piperidine rings is 1. The summed E-state index contributed by atoms with van der Waals surface area (Å²) >= 11 is 0. The summed E-state index contributed by atoms with van der Waals surface area (Å²) in [6.07, 6.45) is 4.27. The molecule has 5 heteroatoms. The Balaban J connectivity index is 1.60. The lowest BCUT2D eigenvalue weighted by molar-refractivity contribution is 0.0503. The highest BCUT2D eigenvalue weighted by Crippen LogP contribution is 2.25. The lowest BCUT2D eigenvalue weighted by atomic mass is 9.99. The van der Waals surface area contributed by atoms with Gasteiger partial charge in [-0.25, -0.2) is 0 Å². The van der Waals surface area contributed by atoms with Crippen LogP contribution in [0.1, 0.15) is 29.6 Å². The minimum absolute atomic E-state index is 0.00607. The second-order valence-electron chi connectivity index (χ2n) is 6.90. The first kappa shape index (κ1) is 17.5. The zero-order chi connectivity index (χ0) is 18.8. The van der Waals surface area contributed by atoms with Gasteiger partial charge in [-0.15, -0.1) is 0 Å². The molecule has 0 saturated carbocycles. The fourth-order valence-corrected chi connectivity index (χ4v) is 3.69. The maximum absolute atomic E-state index is 12.8. The third-order valence-corrected chi connectivity index (χ3v) is 5.23. The van der Waals surface area contributed by atoms with E-state index in [4.69, 9.17) is 4.42 Å². The van der Waals surface area contributed by atoms with E-state index in [1.165, 1.54) is 12.3 Å². The summed E-state index contributed by atoms with van der Waals surface area (Å²) in [5.41, 5.74) is 2.95. The van der Waals surface area contributed by atoms with Gasteiger partial charge in [-0.05, 0) is 54.7 Å². The van der Waals surface area contributed by atoms with Crippen molar-refractivity contribution in [3.05, 3.63) is 70.6 Å². The average molecular weight is 363 g/mol. The molecule has 5 nitrogen and oxygen atoms in total. The first-order valence-corrected chi connectivity index (χ1v) is 9.21. The molecule has 1 aromatic heterocycles. The van der Waals surface area contributed by atoms with Crippen LogP contribution in [0.25, 0.3) is 22.1 Å². The molecule has 1 N–H and O–H groups in total. The molecule has 3 aromatic rings. The van der Waals surface area contributed by atoms with E-state index in [9.17, 15) is 14.7 Å². The SMILES string of the molecule is O=C(c1ccc(-c2ccc3c(=O)ccoc3c2)cc1)N1CCCC[C@H]1CO. The Morgan fingerprint density at radius 1 is 1.07 bits per heavy atom. The molecule has 0 aliphatic carbocycles. The smallest absolute Gasteiger partial charge is 0.254 e. The van der Waals surface area contributed by atoms with Crippen LogP contribution in [0, 0.1) is 0 Å². The molecule has 0 unspecified atom stereocenters. The van der Waals surface area contributed by atoms with E-state index in [-0.39, 0.29) is 24.0 Å². The first-order valence-electron chi connectivity index (χ1n) is 9.21. The minimum Gasteiger partial charge on any atom is -0.464 e. The number of aliphatic hydroxyl groups excluding tert-OH is 1. The van der Waals surface area contributed by atoms with Gasteiger partial charge in [0.1, 0.15) is 5.58 Å². The number of hydrogen-bond acceptors (Lipinski definition) is 4. The fourth-order valence-electron chi connectivity index (χ4n) is 3.69. The van der Waals surface area contributed by atoms with Gasteiger partial charge in [0.15, 0.2) is 5.43 Å². The summed E-state index contributed by atoms with van der Waals surface area (Å²) in [5.74, 6) is -0.0372. The van der Waals surface area contributed by atoms with Crippen LogP contribution in [0.5, 0.6) is 0 Å². The second-order valence-corrected chi connectivity index (χ2v) is 6.90. The molecule has 1 fully saturated rings. The molecule has 138 valence electrons. The second kappa shape index (κ2) is 7.37. The number of nitrogens with zero attached hydrogens (tertiary/aromatic N) is 1. The maximum atomic E-state index is 12.8. The zero-order valence-electron chi connectivity index (χ0n) is 14.9. The molecule has 1 aliphatic heterocycles. The lowest BCUT2D eigenvalue weighted by Gasteiger charge is -2.34. The van der Waals surface area contributed by atoms with Crippen molar-refractivity contribution >= 4 is 16.9 Å². The number of likely N-dealkylation sites (tertiary alicyclic amines) is 1. The molecule has 1 aliphatic rings. The van der Waals surface area contributed by atoms with Gasteiger partial charge in [-0.3, -0.25) is 9.59 Å². The van der Waals surface area contributed by atoms with Gasteiger partial charge in [0, 0.05) is 18.2 Å². The first-order chi connectivity index (χ1) is 13.2. The van der Waals surface area contributed by atoms with Crippen LogP contribution in [0.15, 0.2) is 64.0 Å². The van der Waals surface area contributed by atoms with E-state index >= 15 is 0 Å². The normalized spacial score (nSPS) is 17.2. The van der Waals surface area contributed by atoms with Crippen molar-refractivity contribution in [2.75, 3.05) is 13.2 Å². The predicted octanol–water partition coefficient (Wildman–Crippen LogP) is 3.45. The van der Waals surface area contributed by atoms with Crippen LogP contribution in [0.2, 0.25) is 0 Å². The largest absolute Gasteiger partial charge is 0.464 e. The Kier molecular flexibility index (Phi) is 4.77. The summed E-state index contributed by atoms with van der Waals surface area (Å²) in [4.78, 5) is 26.4. The Bertz CT molecular complexity index is 1020. The van der Waals surface area contributed by atoms with E-state index in [0.29, 0.717) is 23.1 Å². The Morgan fingerprint density at radius 3 is 2.63 bits per heavy atom. The van der Waals surface area contributed by atoms with Crippen molar-refractivity contribution in [2.24, 2.45) is 0 Å². The molecule has 0 bridgehead atoms. The molecule has 2 heterocycles. The van der Waals surface area contributed by atoms with Crippen LogP contribution >= 0.6 is 0 Å². The van der Waals surface area contributed by atoms with Gasteiger partial charge in [0.2, 0.25) is 0 Å². The van der Waals surface area contributed by atoms with Crippen molar-refractivity contribution in [3.63, 3.8) is 0 Å². The monoisotopic (exact) mass is 363 g/mol. The zero-order valence-corrected chi connectivity index (χ0v) is 14.9. The van der Waals surface area contributed by atoms with E-state index in [1.807, 2.05) is 36.4 Å². The Hall–Kier alpha value is -2.92. The van der Waals surface area contributed by atoms with Gasteiger partial charge in [0.05, 0.1) is 24.3 Å². The van der Waals surface area contributed by atoms with Crippen LogP contribution < -0.4 is 5.43 Å². The van der Waals surface area contributed by atoms with E-state index < -0.39 is 0 Å². The number of hydrogen-bond donors (Lipinski definition) is 1. The number of amides is 1. The van der Waals surface area contributed by atoms with Gasteiger partial charge >= 0.3 is 0 Å². The van der Waals surface area contributed by atoms with Crippen LogP contribution in [-0.2, 0) is 0 Å². The molecule has 1 saturated heterocycles. The van der Waals surface area contributed by atoms with E-state index in [1.54, 1.807) is 11.0 Å². The molecular weight excluding hydrogens is 342 g/mol. The highest BCUT2D eigenvalue weighted by Gasteiger charge is 2.26. The summed E-state index contributed by atoms with van der Waals surface area (Å²) in [6.45, 7) is 0.696. The van der Waals surface area contributed by atoms with E-state index in [0.717, 1.165) is 30.4 Å². The topological polar surface area (TPSA) is 70.8 Å². The van der Waals surface area contributed by atoms with Crippen molar-refractivity contribution in [2.45, 2.75) is 25.3 Å². The average Bonchev–Trinajstić information content (AvgIpc) is 2.73. The standard InChI is InChI=1S/C22H21NO4/c24-14-18-3-1-2-11-23(18)22(26)16-6-4-15(5-7-16)17-8-9-19-20(25)10-12-27-21(19)13-17/h4-10,12-13,18,24H,1-3,11,14H2/t18-/m0/s1. The number of rotatable bonds is 3. The third-order valence-electron chi connectivity index (χ3n) is 5.23. The summed E-state index contributed by atoms with van der Waals surface area (Å²) in [7, 11) is 0.